The Hall–Kier alpha value is -2.82. The fourth-order valence-electron chi connectivity index (χ4n) is 3.03. The number of aryl methyl sites for hydroxylation is 1. The molecule has 0 N–H and O–H groups in total. The number of piperazine rings is 1. The van der Waals surface area contributed by atoms with E-state index in [0.717, 1.165) is 16.9 Å². The molecule has 26 heavy (non-hydrogen) atoms. The predicted molar refractivity (Wildman–Crippen MR) is 100 cm³/mol. The summed E-state index contributed by atoms with van der Waals surface area (Å²) < 4.78 is 5.70. The van der Waals surface area contributed by atoms with Gasteiger partial charge >= 0.3 is 0 Å². The van der Waals surface area contributed by atoms with E-state index in [0.29, 0.717) is 31.7 Å². The molecule has 1 aliphatic rings. The van der Waals surface area contributed by atoms with Crippen LogP contribution in [0.3, 0.4) is 0 Å². The average Bonchev–Trinajstić information content (AvgIpc) is 2.69. The molecule has 5 nitrogen and oxygen atoms in total. The van der Waals surface area contributed by atoms with Crippen molar-refractivity contribution in [3.63, 3.8) is 0 Å². The molecule has 0 aromatic heterocycles. The highest BCUT2D eigenvalue weighted by molar-refractivity contribution is 5.94. The largest absolute Gasteiger partial charge is 0.483 e. The van der Waals surface area contributed by atoms with Gasteiger partial charge in [0, 0.05) is 31.7 Å². The molecule has 136 valence electrons. The molecule has 0 saturated carbocycles. The number of carbonyl (C=O) groups is 2. The molecule has 1 aliphatic heterocycles. The quantitative estimate of drug-likeness (QED) is 0.850. The van der Waals surface area contributed by atoms with Crippen molar-refractivity contribution < 1.29 is 14.3 Å². The number of amides is 2. The smallest absolute Gasteiger partial charge is 0.260 e. The number of carbonyl (C=O) groups excluding carboxylic acids is 2. The Balaban J connectivity index is 1.51. The fourth-order valence-corrected chi connectivity index (χ4v) is 3.03. The Bertz CT molecular complexity index is 781. The summed E-state index contributed by atoms with van der Waals surface area (Å²) in [6.45, 7) is 6.19. The topological polar surface area (TPSA) is 49.9 Å². The first-order valence-corrected chi connectivity index (χ1v) is 8.87. The molecule has 1 saturated heterocycles. The Kier molecular flexibility index (Phi) is 5.56. The first kappa shape index (κ1) is 18.0. The van der Waals surface area contributed by atoms with E-state index in [-0.39, 0.29) is 18.4 Å². The molecule has 0 spiro atoms. The summed E-state index contributed by atoms with van der Waals surface area (Å²) in [5.74, 6) is 0.721. The van der Waals surface area contributed by atoms with Crippen molar-refractivity contribution in [1.82, 2.24) is 9.80 Å². The molecular weight excluding hydrogens is 328 g/mol. The van der Waals surface area contributed by atoms with E-state index in [1.165, 1.54) is 0 Å². The molecule has 0 atom stereocenters. The molecule has 2 amide bonds. The van der Waals surface area contributed by atoms with E-state index in [1.807, 2.05) is 62.4 Å². The van der Waals surface area contributed by atoms with Crippen molar-refractivity contribution in [2.24, 2.45) is 0 Å². The summed E-state index contributed by atoms with van der Waals surface area (Å²) in [7, 11) is 0. The zero-order chi connectivity index (χ0) is 18.5. The van der Waals surface area contributed by atoms with Crippen LogP contribution in [0.5, 0.6) is 5.75 Å². The molecule has 5 heteroatoms. The first-order chi connectivity index (χ1) is 12.6. The Morgan fingerprint density at radius 1 is 0.885 bits per heavy atom. The van der Waals surface area contributed by atoms with Gasteiger partial charge in [-0.15, -0.1) is 0 Å². The lowest BCUT2D eigenvalue weighted by atomic mass is 10.1. The van der Waals surface area contributed by atoms with Crippen LogP contribution in [0.2, 0.25) is 0 Å². The average molecular weight is 352 g/mol. The van der Waals surface area contributed by atoms with Gasteiger partial charge in [0.15, 0.2) is 6.61 Å². The molecule has 2 aromatic carbocycles. The number of hydrogen-bond acceptors (Lipinski definition) is 3. The summed E-state index contributed by atoms with van der Waals surface area (Å²) in [6.07, 6.45) is 0. The SMILES string of the molecule is Cc1cccc(OCC(=O)N2CCN(C(=O)c3ccccc3)CC2)c1C. The summed E-state index contributed by atoms with van der Waals surface area (Å²) in [5.41, 5.74) is 2.88. The van der Waals surface area contributed by atoms with Crippen LogP contribution in [0.1, 0.15) is 21.5 Å². The number of nitrogens with zero attached hydrogens (tertiary/aromatic N) is 2. The lowest BCUT2D eigenvalue weighted by molar-refractivity contribution is -0.134. The van der Waals surface area contributed by atoms with Gasteiger partial charge in [-0.2, -0.15) is 0 Å². The lowest BCUT2D eigenvalue weighted by Crippen LogP contribution is -2.51. The molecule has 0 aliphatic carbocycles. The number of ether oxygens (including phenoxy) is 1. The summed E-state index contributed by atoms with van der Waals surface area (Å²) in [6, 6.07) is 15.1. The van der Waals surface area contributed by atoms with Gasteiger partial charge in [0.1, 0.15) is 5.75 Å². The van der Waals surface area contributed by atoms with Crippen molar-refractivity contribution in [1.29, 1.82) is 0 Å². The van der Waals surface area contributed by atoms with Gasteiger partial charge in [-0.05, 0) is 43.2 Å². The highest BCUT2D eigenvalue weighted by atomic mass is 16.5. The third-order valence-electron chi connectivity index (χ3n) is 4.85. The second-order valence-corrected chi connectivity index (χ2v) is 6.53. The fraction of sp³-hybridized carbons (Fsp3) is 0.333. The van der Waals surface area contributed by atoms with Gasteiger partial charge in [0.25, 0.3) is 11.8 Å². The maximum atomic E-state index is 12.5. The van der Waals surface area contributed by atoms with E-state index in [1.54, 1.807) is 9.80 Å². The van der Waals surface area contributed by atoms with Gasteiger partial charge in [-0.25, -0.2) is 0 Å². The standard InChI is InChI=1S/C21H24N2O3/c1-16-7-6-10-19(17(16)2)26-15-20(24)22-11-13-23(14-12-22)21(25)18-8-4-3-5-9-18/h3-10H,11-15H2,1-2H3. The van der Waals surface area contributed by atoms with E-state index >= 15 is 0 Å². The molecule has 3 rings (SSSR count). The Morgan fingerprint density at radius 3 is 2.23 bits per heavy atom. The van der Waals surface area contributed by atoms with Crippen LogP contribution in [0.15, 0.2) is 48.5 Å². The van der Waals surface area contributed by atoms with Crippen LogP contribution < -0.4 is 4.74 Å². The first-order valence-electron chi connectivity index (χ1n) is 8.87. The second kappa shape index (κ2) is 8.04. The zero-order valence-electron chi connectivity index (χ0n) is 15.3. The van der Waals surface area contributed by atoms with Crippen molar-refractivity contribution in [3.05, 3.63) is 65.2 Å². The molecule has 0 unspecified atom stereocenters. The highest BCUT2D eigenvalue weighted by Gasteiger charge is 2.25. The van der Waals surface area contributed by atoms with Crippen LogP contribution >= 0.6 is 0 Å². The summed E-state index contributed by atoms with van der Waals surface area (Å²) in [4.78, 5) is 28.4. The van der Waals surface area contributed by atoms with Crippen LogP contribution in [0.4, 0.5) is 0 Å². The number of hydrogen-bond donors (Lipinski definition) is 0. The van der Waals surface area contributed by atoms with E-state index in [9.17, 15) is 9.59 Å². The molecule has 2 aromatic rings. The van der Waals surface area contributed by atoms with Crippen LogP contribution in [-0.2, 0) is 4.79 Å². The zero-order valence-corrected chi connectivity index (χ0v) is 15.3. The van der Waals surface area contributed by atoms with Crippen LogP contribution in [0.25, 0.3) is 0 Å². The molecule has 1 heterocycles. The second-order valence-electron chi connectivity index (χ2n) is 6.53. The monoisotopic (exact) mass is 352 g/mol. The summed E-state index contributed by atoms with van der Waals surface area (Å²) in [5, 5.41) is 0. The highest BCUT2D eigenvalue weighted by Crippen LogP contribution is 2.20. The van der Waals surface area contributed by atoms with Gasteiger partial charge < -0.3 is 14.5 Å². The Labute approximate surface area is 154 Å². The minimum atomic E-state index is -0.0438. The predicted octanol–water partition coefficient (Wildman–Crippen LogP) is 2.67. The van der Waals surface area contributed by atoms with Crippen molar-refractivity contribution in [2.45, 2.75) is 13.8 Å². The maximum absolute atomic E-state index is 12.5. The summed E-state index contributed by atoms with van der Waals surface area (Å²) >= 11 is 0. The van der Waals surface area contributed by atoms with E-state index in [2.05, 4.69) is 0 Å². The Morgan fingerprint density at radius 2 is 1.54 bits per heavy atom. The van der Waals surface area contributed by atoms with E-state index in [4.69, 9.17) is 4.74 Å². The maximum Gasteiger partial charge on any atom is 0.260 e. The lowest BCUT2D eigenvalue weighted by Gasteiger charge is -2.34. The van der Waals surface area contributed by atoms with Crippen molar-refractivity contribution >= 4 is 11.8 Å². The minimum Gasteiger partial charge on any atom is -0.483 e. The molecule has 0 radical (unpaired) electrons. The molecular formula is C21H24N2O3. The molecule has 1 fully saturated rings. The van der Waals surface area contributed by atoms with Gasteiger partial charge in [-0.3, -0.25) is 9.59 Å². The minimum absolute atomic E-state index is 0.0179. The van der Waals surface area contributed by atoms with Gasteiger partial charge in [0.2, 0.25) is 0 Å². The van der Waals surface area contributed by atoms with Crippen LogP contribution in [-0.4, -0.2) is 54.4 Å². The van der Waals surface area contributed by atoms with Gasteiger partial charge in [-0.1, -0.05) is 30.3 Å². The van der Waals surface area contributed by atoms with E-state index < -0.39 is 0 Å². The van der Waals surface area contributed by atoms with Crippen molar-refractivity contribution in [2.75, 3.05) is 32.8 Å². The van der Waals surface area contributed by atoms with Crippen LogP contribution in [0, 0.1) is 13.8 Å². The normalized spacial score (nSPS) is 14.2. The van der Waals surface area contributed by atoms with Gasteiger partial charge in [0.05, 0.1) is 0 Å². The number of benzene rings is 2. The third kappa shape index (κ3) is 4.04. The molecule has 0 bridgehead atoms. The van der Waals surface area contributed by atoms with Crippen molar-refractivity contribution in [3.8, 4) is 5.75 Å². The number of rotatable bonds is 4. The third-order valence-corrected chi connectivity index (χ3v) is 4.85.